The van der Waals surface area contributed by atoms with Gasteiger partial charge < -0.3 is 5.11 Å². The first-order valence-corrected chi connectivity index (χ1v) is 4.93. The highest BCUT2D eigenvalue weighted by Crippen LogP contribution is 2.28. The van der Waals surface area contributed by atoms with Gasteiger partial charge in [0.2, 0.25) is 0 Å². The number of alkyl halides is 4. The molecule has 1 heterocycles. The van der Waals surface area contributed by atoms with Crippen LogP contribution in [-0.2, 0) is 6.18 Å². The molecule has 1 N–H and O–H groups in total. The Balaban J connectivity index is 3.29. The summed E-state index contributed by atoms with van der Waals surface area (Å²) in [4.78, 5) is 14.0. The van der Waals surface area contributed by atoms with Gasteiger partial charge in [-0.15, -0.1) is 11.6 Å². The smallest absolute Gasteiger partial charge is 0.433 e. The summed E-state index contributed by atoms with van der Waals surface area (Å²) in [6, 6.07) is 1.49. The number of pyridine rings is 1. The van der Waals surface area contributed by atoms with E-state index in [-0.39, 0.29) is 17.1 Å². The summed E-state index contributed by atoms with van der Waals surface area (Å²) in [5, 5.41) is 8.77. The van der Waals surface area contributed by atoms with E-state index in [1.54, 1.807) is 0 Å². The molecule has 0 saturated heterocycles. The van der Waals surface area contributed by atoms with E-state index in [2.05, 4.69) is 4.98 Å². The molecule has 0 aliphatic heterocycles. The van der Waals surface area contributed by atoms with Crippen LogP contribution in [0.5, 0.6) is 0 Å². The lowest BCUT2D eigenvalue weighted by molar-refractivity contribution is -0.141. The van der Waals surface area contributed by atoms with Crippen LogP contribution in [0.15, 0.2) is 18.2 Å². The van der Waals surface area contributed by atoms with Crippen molar-refractivity contribution in [3.05, 3.63) is 35.2 Å². The quantitative estimate of drug-likeness (QED) is 0.855. The third-order valence-electron chi connectivity index (χ3n) is 1.81. The monoisotopic (exact) mass is 265 g/mol. The average molecular weight is 266 g/mol. The van der Waals surface area contributed by atoms with E-state index in [4.69, 9.17) is 16.7 Å². The third kappa shape index (κ3) is 3.45. The van der Waals surface area contributed by atoms with Crippen molar-refractivity contribution in [2.75, 3.05) is 5.88 Å². The van der Waals surface area contributed by atoms with Crippen molar-refractivity contribution >= 4 is 23.6 Å². The van der Waals surface area contributed by atoms with Gasteiger partial charge in [-0.1, -0.05) is 6.08 Å². The van der Waals surface area contributed by atoms with Crippen LogP contribution in [0.2, 0.25) is 0 Å². The molecule has 0 spiro atoms. The van der Waals surface area contributed by atoms with E-state index in [0.717, 1.165) is 12.1 Å². The second kappa shape index (κ2) is 5.18. The van der Waals surface area contributed by atoms with Gasteiger partial charge in [-0.3, -0.25) is 0 Å². The minimum Gasteiger partial charge on any atom is -0.478 e. The van der Waals surface area contributed by atoms with Crippen LogP contribution in [0.25, 0.3) is 6.08 Å². The normalized spacial score (nSPS) is 12.0. The van der Waals surface area contributed by atoms with Gasteiger partial charge in [0.1, 0.15) is 5.69 Å². The molecule has 0 saturated carbocycles. The first-order valence-electron chi connectivity index (χ1n) is 4.40. The molecule has 0 radical (unpaired) electrons. The summed E-state index contributed by atoms with van der Waals surface area (Å²) in [6.45, 7) is 0. The lowest BCUT2D eigenvalue weighted by atomic mass is 10.1. The molecule has 0 aliphatic carbocycles. The number of halogens is 4. The lowest BCUT2D eigenvalue weighted by Gasteiger charge is -2.08. The van der Waals surface area contributed by atoms with Crippen LogP contribution in [0, 0.1) is 0 Å². The summed E-state index contributed by atoms with van der Waals surface area (Å²) < 4.78 is 37.1. The summed E-state index contributed by atoms with van der Waals surface area (Å²) >= 11 is 5.33. The lowest BCUT2D eigenvalue weighted by Crippen LogP contribution is -2.11. The van der Waals surface area contributed by atoms with Crippen LogP contribution in [0.4, 0.5) is 13.2 Å². The number of hydrogen-bond donors (Lipinski definition) is 1. The van der Waals surface area contributed by atoms with E-state index in [1.165, 1.54) is 6.08 Å². The van der Waals surface area contributed by atoms with E-state index < -0.39 is 17.8 Å². The number of carboxylic acid groups (broad SMARTS) is 1. The molecule has 92 valence electrons. The van der Waals surface area contributed by atoms with E-state index in [9.17, 15) is 18.0 Å². The Morgan fingerprint density at radius 3 is 2.59 bits per heavy atom. The molecule has 1 rings (SSSR count). The molecule has 0 aliphatic rings. The molecular formula is C10H7ClF3NO2. The van der Waals surface area contributed by atoms with Crippen molar-refractivity contribution in [2.24, 2.45) is 0 Å². The van der Waals surface area contributed by atoms with Gasteiger partial charge in [-0.2, -0.15) is 13.2 Å². The standard InChI is InChI=1S/C10H7ClF3NO2/c11-5-1-2-7-6(9(16)17)3-4-8(15-7)10(12,13)14/h1-4H,5H2,(H,16,17). The summed E-state index contributed by atoms with van der Waals surface area (Å²) in [5.74, 6) is -1.29. The topological polar surface area (TPSA) is 50.2 Å². The zero-order valence-electron chi connectivity index (χ0n) is 8.33. The fourth-order valence-corrected chi connectivity index (χ4v) is 1.19. The Bertz CT molecular complexity index is 457. The summed E-state index contributed by atoms with van der Waals surface area (Å²) in [5.41, 5.74) is -1.72. The molecule has 17 heavy (non-hydrogen) atoms. The minimum absolute atomic E-state index is 0.0526. The molecule has 1 aromatic heterocycles. The molecule has 0 aromatic carbocycles. The number of aromatic nitrogens is 1. The fourth-order valence-electron chi connectivity index (χ4n) is 1.10. The predicted octanol–water partition coefficient (Wildman–Crippen LogP) is 3.05. The Labute approximate surface area is 99.5 Å². The number of nitrogens with zero attached hydrogens (tertiary/aromatic N) is 1. The van der Waals surface area contributed by atoms with E-state index in [0.29, 0.717) is 6.07 Å². The van der Waals surface area contributed by atoms with Gasteiger partial charge in [-0.25, -0.2) is 9.78 Å². The number of aromatic carboxylic acids is 1. The molecule has 1 aromatic rings. The Morgan fingerprint density at radius 2 is 2.12 bits per heavy atom. The van der Waals surface area contributed by atoms with Gasteiger partial charge in [-0.05, 0) is 18.2 Å². The van der Waals surface area contributed by atoms with Gasteiger partial charge in [0, 0.05) is 5.88 Å². The number of hydrogen-bond acceptors (Lipinski definition) is 2. The predicted molar refractivity (Wildman–Crippen MR) is 56.0 cm³/mol. The molecule has 0 unspecified atom stereocenters. The number of carbonyl (C=O) groups is 1. The van der Waals surface area contributed by atoms with Crippen molar-refractivity contribution in [1.82, 2.24) is 4.98 Å². The number of rotatable bonds is 3. The summed E-state index contributed by atoms with van der Waals surface area (Å²) in [7, 11) is 0. The summed E-state index contributed by atoms with van der Waals surface area (Å²) in [6.07, 6.45) is -2.15. The zero-order chi connectivity index (χ0) is 13.1. The largest absolute Gasteiger partial charge is 0.478 e. The Morgan fingerprint density at radius 1 is 1.47 bits per heavy atom. The Kier molecular flexibility index (Phi) is 4.11. The van der Waals surface area contributed by atoms with Crippen LogP contribution in [0.1, 0.15) is 21.7 Å². The third-order valence-corrected chi connectivity index (χ3v) is 1.99. The first kappa shape index (κ1) is 13.5. The SMILES string of the molecule is O=C(O)c1ccc(C(F)(F)F)nc1C=CCCl. The van der Waals surface area contributed by atoms with Crippen molar-refractivity contribution in [3.63, 3.8) is 0 Å². The van der Waals surface area contributed by atoms with Crippen LogP contribution in [-0.4, -0.2) is 21.9 Å². The highest BCUT2D eigenvalue weighted by atomic mass is 35.5. The highest BCUT2D eigenvalue weighted by molar-refractivity contribution is 6.19. The molecule has 0 fully saturated rings. The van der Waals surface area contributed by atoms with Crippen molar-refractivity contribution in [3.8, 4) is 0 Å². The van der Waals surface area contributed by atoms with Crippen LogP contribution in [0.3, 0.4) is 0 Å². The van der Waals surface area contributed by atoms with Gasteiger partial charge in [0.15, 0.2) is 0 Å². The van der Waals surface area contributed by atoms with Crippen LogP contribution < -0.4 is 0 Å². The molecule has 3 nitrogen and oxygen atoms in total. The molecule has 0 amide bonds. The van der Waals surface area contributed by atoms with Crippen molar-refractivity contribution in [2.45, 2.75) is 6.18 Å². The first-order chi connectivity index (χ1) is 7.86. The Hall–Kier alpha value is -1.56. The second-order valence-electron chi connectivity index (χ2n) is 2.99. The zero-order valence-corrected chi connectivity index (χ0v) is 9.09. The number of carboxylic acids is 1. The maximum absolute atomic E-state index is 12.4. The van der Waals surface area contributed by atoms with E-state index in [1.807, 2.05) is 0 Å². The average Bonchev–Trinajstić information content (AvgIpc) is 2.24. The molecule has 0 atom stereocenters. The highest BCUT2D eigenvalue weighted by Gasteiger charge is 2.33. The molecule has 0 bridgehead atoms. The molecular weight excluding hydrogens is 259 g/mol. The van der Waals surface area contributed by atoms with Crippen LogP contribution >= 0.6 is 11.6 Å². The van der Waals surface area contributed by atoms with Gasteiger partial charge in [0.05, 0.1) is 11.3 Å². The second-order valence-corrected chi connectivity index (χ2v) is 3.30. The van der Waals surface area contributed by atoms with Crippen molar-refractivity contribution < 1.29 is 23.1 Å². The van der Waals surface area contributed by atoms with Gasteiger partial charge in [0.25, 0.3) is 0 Å². The van der Waals surface area contributed by atoms with Crippen molar-refractivity contribution in [1.29, 1.82) is 0 Å². The fraction of sp³-hybridized carbons (Fsp3) is 0.200. The molecule has 7 heteroatoms. The number of allylic oxidation sites excluding steroid dienone is 1. The minimum atomic E-state index is -4.61. The van der Waals surface area contributed by atoms with E-state index >= 15 is 0 Å². The maximum Gasteiger partial charge on any atom is 0.433 e. The maximum atomic E-state index is 12.4. The van der Waals surface area contributed by atoms with Gasteiger partial charge >= 0.3 is 12.1 Å².